The molecule has 0 saturated heterocycles. The Balaban J connectivity index is 3.90. The smallest absolute Gasteiger partial charge is 0.0883 e. The van der Waals surface area contributed by atoms with Crippen LogP contribution in [0.1, 0.15) is 6.92 Å². The summed E-state index contributed by atoms with van der Waals surface area (Å²) in [7, 11) is 1.63. The van der Waals surface area contributed by atoms with Gasteiger partial charge in [0.2, 0.25) is 0 Å². The zero-order valence-corrected chi connectivity index (χ0v) is 6.50. The fourth-order valence-electron chi connectivity index (χ4n) is 0.502. The number of hydrogen-bond donors (Lipinski definition) is 0. The molecular formula is C8H13NO. The van der Waals surface area contributed by atoms with Crippen molar-refractivity contribution in [2.45, 2.75) is 6.92 Å². The van der Waals surface area contributed by atoms with Crippen molar-refractivity contribution in [3.8, 4) is 0 Å². The quantitative estimate of drug-likeness (QED) is 0.430. The second-order valence-electron chi connectivity index (χ2n) is 1.77. The predicted molar refractivity (Wildman–Crippen MR) is 44.3 cm³/mol. The molecule has 0 aromatic carbocycles. The third-order valence-corrected chi connectivity index (χ3v) is 0.976. The molecule has 0 saturated carbocycles. The first-order valence-electron chi connectivity index (χ1n) is 3.12. The highest BCUT2D eigenvalue weighted by Gasteiger charge is 1.86. The first-order chi connectivity index (χ1) is 4.85. The highest BCUT2D eigenvalue weighted by molar-refractivity contribution is 5.30. The molecule has 0 aromatic heterocycles. The van der Waals surface area contributed by atoms with Gasteiger partial charge < -0.3 is 4.74 Å². The third kappa shape index (κ3) is 4.04. The Labute approximate surface area is 61.9 Å². The van der Waals surface area contributed by atoms with Gasteiger partial charge in [0.25, 0.3) is 0 Å². The second-order valence-corrected chi connectivity index (χ2v) is 1.77. The maximum Gasteiger partial charge on any atom is 0.0883 e. The summed E-state index contributed by atoms with van der Waals surface area (Å²) in [6.45, 7) is 5.87. The lowest BCUT2D eigenvalue weighted by atomic mass is 10.4. The molecule has 0 unspecified atom stereocenters. The van der Waals surface area contributed by atoms with Crippen LogP contribution < -0.4 is 0 Å². The highest BCUT2D eigenvalue weighted by atomic mass is 16.5. The third-order valence-electron chi connectivity index (χ3n) is 0.976. The van der Waals surface area contributed by atoms with E-state index in [1.54, 1.807) is 7.11 Å². The molecule has 10 heavy (non-hydrogen) atoms. The van der Waals surface area contributed by atoms with E-state index in [1.165, 1.54) is 0 Å². The van der Waals surface area contributed by atoms with Crippen LogP contribution in [-0.4, -0.2) is 20.4 Å². The van der Waals surface area contributed by atoms with E-state index in [-0.39, 0.29) is 0 Å². The van der Waals surface area contributed by atoms with Crippen molar-refractivity contribution in [1.82, 2.24) is 0 Å². The average molecular weight is 139 g/mol. The van der Waals surface area contributed by atoms with Crippen LogP contribution in [0, 0.1) is 0 Å². The van der Waals surface area contributed by atoms with Crippen molar-refractivity contribution < 1.29 is 4.74 Å². The highest BCUT2D eigenvalue weighted by Crippen LogP contribution is 1.95. The number of nitrogens with zero attached hydrogens (tertiary/aromatic N) is 1. The van der Waals surface area contributed by atoms with Gasteiger partial charge in [0.05, 0.1) is 12.3 Å². The van der Waals surface area contributed by atoms with Crippen LogP contribution in [0.2, 0.25) is 0 Å². The van der Waals surface area contributed by atoms with Gasteiger partial charge in [-0.15, -0.1) is 0 Å². The van der Waals surface area contributed by atoms with Gasteiger partial charge in [-0.3, -0.25) is 4.99 Å². The summed E-state index contributed by atoms with van der Waals surface area (Å²) in [5, 5.41) is 0. The van der Waals surface area contributed by atoms with Gasteiger partial charge in [-0.25, -0.2) is 0 Å². The number of aliphatic imine (C=N–C) groups is 1. The van der Waals surface area contributed by atoms with Crippen LogP contribution in [0.5, 0.6) is 0 Å². The van der Waals surface area contributed by atoms with Crippen molar-refractivity contribution >= 4 is 6.72 Å². The average Bonchev–Trinajstić information content (AvgIpc) is 1.98. The van der Waals surface area contributed by atoms with Gasteiger partial charge in [-0.05, 0) is 19.7 Å². The molecule has 0 spiro atoms. The molecule has 2 nitrogen and oxygen atoms in total. The van der Waals surface area contributed by atoms with E-state index < -0.39 is 0 Å². The fourth-order valence-corrected chi connectivity index (χ4v) is 0.502. The van der Waals surface area contributed by atoms with Crippen LogP contribution in [0.3, 0.4) is 0 Å². The number of allylic oxidation sites excluding steroid dienone is 3. The summed E-state index contributed by atoms with van der Waals surface area (Å²) < 4.78 is 4.86. The Morgan fingerprint density at radius 1 is 1.70 bits per heavy atom. The Kier molecular flexibility index (Phi) is 5.68. The van der Waals surface area contributed by atoms with Crippen molar-refractivity contribution in [3.05, 3.63) is 23.9 Å². The molecule has 0 radical (unpaired) electrons. The Bertz CT molecular complexity index is 147. The molecule has 0 atom stereocenters. The van der Waals surface area contributed by atoms with E-state index in [9.17, 15) is 0 Å². The van der Waals surface area contributed by atoms with E-state index in [0.29, 0.717) is 6.61 Å². The van der Waals surface area contributed by atoms with E-state index in [0.717, 1.165) is 5.70 Å². The largest absolute Gasteiger partial charge is 0.378 e. The van der Waals surface area contributed by atoms with E-state index in [1.807, 2.05) is 25.2 Å². The minimum atomic E-state index is 0.522. The maximum absolute atomic E-state index is 4.86. The molecule has 56 valence electrons. The standard InChI is InChI=1S/C8H13NO/c1-4-5-6-8(9-2)7-10-3/h4-6H,2,7H2,1,3H3. The van der Waals surface area contributed by atoms with Crippen LogP contribution in [-0.2, 0) is 4.74 Å². The Morgan fingerprint density at radius 2 is 2.40 bits per heavy atom. The van der Waals surface area contributed by atoms with Gasteiger partial charge in [0.15, 0.2) is 0 Å². The Morgan fingerprint density at radius 3 is 2.80 bits per heavy atom. The number of hydrogen-bond acceptors (Lipinski definition) is 2. The fraction of sp³-hybridized carbons (Fsp3) is 0.375. The van der Waals surface area contributed by atoms with Crippen LogP contribution in [0.25, 0.3) is 0 Å². The molecule has 0 fully saturated rings. The molecular weight excluding hydrogens is 126 g/mol. The summed E-state index contributed by atoms with van der Waals surface area (Å²) in [5.41, 5.74) is 0.848. The van der Waals surface area contributed by atoms with Crippen LogP contribution in [0.4, 0.5) is 0 Å². The molecule has 0 amide bonds. The molecule has 0 rings (SSSR count). The molecule has 0 heterocycles. The zero-order chi connectivity index (χ0) is 7.82. The van der Waals surface area contributed by atoms with E-state index >= 15 is 0 Å². The van der Waals surface area contributed by atoms with E-state index in [4.69, 9.17) is 4.74 Å². The lowest BCUT2D eigenvalue weighted by molar-refractivity contribution is 0.225. The first-order valence-corrected chi connectivity index (χ1v) is 3.12. The molecule has 0 N–H and O–H groups in total. The minimum Gasteiger partial charge on any atom is -0.378 e. The summed E-state index contributed by atoms with van der Waals surface area (Å²) >= 11 is 0. The molecule has 0 bridgehead atoms. The summed E-state index contributed by atoms with van der Waals surface area (Å²) in [6.07, 6.45) is 5.71. The normalized spacial score (nSPS) is 12.4. The monoisotopic (exact) mass is 139 g/mol. The number of methoxy groups -OCH3 is 1. The summed E-state index contributed by atoms with van der Waals surface area (Å²) in [5.74, 6) is 0. The van der Waals surface area contributed by atoms with Crippen LogP contribution in [0.15, 0.2) is 28.9 Å². The molecule has 0 aliphatic carbocycles. The zero-order valence-electron chi connectivity index (χ0n) is 6.50. The topological polar surface area (TPSA) is 21.6 Å². The van der Waals surface area contributed by atoms with Gasteiger partial charge >= 0.3 is 0 Å². The minimum absolute atomic E-state index is 0.522. The summed E-state index contributed by atoms with van der Waals surface area (Å²) in [4.78, 5) is 3.75. The second kappa shape index (κ2) is 6.23. The van der Waals surface area contributed by atoms with Gasteiger partial charge in [0, 0.05) is 7.11 Å². The molecule has 0 aliphatic rings. The van der Waals surface area contributed by atoms with E-state index in [2.05, 4.69) is 11.7 Å². The van der Waals surface area contributed by atoms with Gasteiger partial charge in [-0.2, -0.15) is 0 Å². The van der Waals surface area contributed by atoms with Gasteiger partial charge in [-0.1, -0.05) is 12.2 Å². The predicted octanol–water partition coefficient (Wildman–Crippen LogP) is 1.79. The molecule has 0 aromatic rings. The first kappa shape index (κ1) is 9.11. The lowest BCUT2D eigenvalue weighted by Crippen LogP contribution is -1.89. The number of ether oxygens (including phenoxy) is 1. The SMILES string of the molecule is C=NC(=CC=CC)COC. The Hall–Kier alpha value is -0.890. The van der Waals surface area contributed by atoms with Crippen LogP contribution >= 0.6 is 0 Å². The lowest BCUT2D eigenvalue weighted by Gasteiger charge is -1.95. The molecule has 2 heteroatoms. The van der Waals surface area contributed by atoms with Crippen molar-refractivity contribution in [3.63, 3.8) is 0 Å². The van der Waals surface area contributed by atoms with Crippen molar-refractivity contribution in [2.24, 2.45) is 4.99 Å². The van der Waals surface area contributed by atoms with Crippen molar-refractivity contribution in [2.75, 3.05) is 13.7 Å². The summed E-state index contributed by atoms with van der Waals surface area (Å²) in [6, 6.07) is 0. The van der Waals surface area contributed by atoms with Gasteiger partial charge in [0.1, 0.15) is 0 Å². The maximum atomic E-state index is 4.86. The molecule has 0 aliphatic heterocycles. The number of rotatable bonds is 4. The van der Waals surface area contributed by atoms with Crippen molar-refractivity contribution in [1.29, 1.82) is 0 Å².